The maximum absolute atomic E-state index is 12.6. The molecule has 1 heterocycles. The first kappa shape index (κ1) is 23.8. The van der Waals surface area contributed by atoms with Crippen molar-refractivity contribution >= 4 is 23.7 Å². The zero-order valence-corrected chi connectivity index (χ0v) is 16.1. The van der Waals surface area contributed by atoms with Gasteiger partial charge in [0.05, 0.1) is 13.2 Å². The Morgan fingerprint density at radius 2 is 1.68 bits per heavy atom. The Balaban J connectivity index is 2.85. The van der Waals surface area contributed by atoms with E-state index >= 15 is 0 Å². The fraction of sp³-hybridized carbons (Fsp3) is 0.765. The molecule has 160 valence electrons. The van der Waals surface area contributed by atoms with Crippen LogP contribution < -0.4 is 16.4 Å². The molecule has 28 heavy (non-hydrogen) atoms. The van der Waals surface area contributed by atoms with Crippen LogP contribution in [0.25, 0.3) is 0 Å². The zero-order chi connectivity index (χ0) is 21.4. The molecule has 1 fully saturated rings. The Hall–Kier alpha value is -2.24. The first-order chi connectivity index (χ1) is 13.1. The van der Waals surface area contributed by atoms with Gasteiger partial charge in [-0.15, -0.1) is 0 Å². The van der Waals surface area contributed by atoms with E-state index in [0.29, 0.717) is 12.8 Å². The molecule has 0 saturated carbocycles. The van der Waals surface area contributed by atoms with E-state index in [-0.39, 0.29) is 18.9 Å². The third kappa shape index (κ3) is 6.43. The van der Waals surface area contributed by atoms with Crippen molar-refractivity contribution in [2.24, 2.45) is 11.7 Å². The quantitative estimate of drug-likeness (QED) is 0.230. The molecular formula is C17H30N4O7. The number of amides is 3. The molecule has 11 heteroatoms. The van der Waals surface area contributed by atoms with Crippen LogP contribution >= 0.6 is 0 Å². The Kier molecular flexibility index (Phi) is 9.29. The average molecular weight is 402 g/mol. The van der Waals surface area contributed by atoms with E-state index in [1.807, 2.05) is 13.8 Å². The molecule has 1 aliphatic rings. The molecule has 0 radical (unpaired) electrons. The number of nitrogens with one attached hydrogen (secondary N) is 2. The van der Waals surface area contributed by atoms with Gasteiger partial charge >= 0.3 is 5.97 Å². The largest absolute Gasteiger partial charge is 0.480 e. The van der Waals surface area contributed by atoms with Crippen LogP contribution in [0, 0.1) is 5.92 Å². The van der Waals surface area contributed by atoms with Crippen LogP contribution in [0.5, 0.6) is 0 Å². The molecular weight excluding hydrogens is 372 g/mol. The second-order valence-electron chi connectivity index (χ2n) is 7.25. The molecule has 4 unspecified atom stereocenters. The maximum atomic E-state index is 12.6. The summed E-state index contributed by atoms with van der Waals surface area (Å²) in [5.41, 5.74) is 5.45. The first-order valence-corrected chi connectivity index (χ1v) is 9.23. The van der Waals surface area contributed by atoms with Crippen molar-refractivity contribution in [3.05, 3.63) is 0 Å². The van der Waals surface area contributed by atoms with Crippen LogP contribution in [-0.2, 0) is 19.2 Å². The second-order valence-corrected chi connectivity index (χ2v) is 7.25. The molecule has 0 aliphatic carbocycles. The van der Waals surface area contributed by atoms with E-state index in [2.05, 4.69) is 10.6 Å². The third-order valence-corrected chi connectivity index (χ3v) is 4.49. The molecule has 11 nitrogen and oxygen atoms in total. The normalized spacial score (nSPS) is 19.8. The minimum atomic E-state index is -1.33. The van der Waals surface area contributed by atoms with Gasteiger partial charge in [0.25, 0.3) is 0 Å². The van der Waals surface area contributed by atoms with Crippen LogP contribution in [0.4, 0.5) is 0 Å². The minimum absolute atomic E-state index is 0.0136. The number of aliphatic carboxylic acids is 1. The molecule has 1 aliphatic heterocycles. The van der Waals surface area contributed by atoms with Gasteiger partial charge in [-0.2, -0.15) is 0 Å². The predicted molar refractivity (Wildman–Crippen MR) is 97.8 cm³/mol. The molecule has 3 amide bonds. The van der Waals surface area contributed by atoms with Gasteiger partial charge in [0.1, 0.15) is 24.2 Å². The smallest absolute Gasteiger partial charge is 0.326 e. The molecule has 7 N–H and O–H groups in total. The Morgan fingerprint density at radius 1 is 1.07 bits per heavy atom. The number of hydrogen-bond donors (Lipinski definition) is 6. The summed E-state index contributed by atoms with van der Waals surface area (Å²) in [5, 5.41) is 32.5. The Labute approximate surface area is 163 Å². The summed E-state index contributed by atoms with van der Waals surface area (Å²) in [5.74, 6) is -3.25. The Morgan fingerprint density at radius 3 is 2.18 bits per heavy atom. The number of rotatable bonds is 10. The van der Waals surface area contributed by atoms with Crippen molar-refractivity contribution in [1.82, 2.24) is 15.5 Å². The van der Waals surface area contributed by atoms with Crippen LogP contribution in [0.1, 0.15) is 33.1 Å². The molecule has 1 rings (SSSR count). The van der Waals surface area contributed by atoms with Crippen molar-refractivity contribution < 1.29 is 34.5 Å². The summed E-state index contributed by atoms with van der Waals surface area (Å²) in [6, 6.07) is -4.54. The van der Waals surface area contributed by atoms with Gasteiger partial charge < -0.3 is 36.6 Å². The number of likely N-dealkylation sites (tertiary alicyclic amines) is 1. The monoisotopic (exact) mass is 402 g/mol. The fourth-order valence-corrected chi connectivity index (χ4v) is 3.01. The highest BCUT2D eigenvalue weighted by atomic mass is 16.4. The molecule has 4 atom stereocenters. The van der Waals surface area contributed by atoms with Gasteiger partial charge in [-0.25, -0.2) is 4.79 Å². The lowest BCUT2D eigenvalue weighted by molar-refractivity contribution is -0.150. The van der Waals surface area contributed by atoms with Crippen molar-refractivity contribution in [2.75, 3.05) is 19.8 Å². The van der Waals surface area contributed by atoms with Gasteiger partial charge in [-0.1, -0.05) is 13.8 Å². The number of nitrogens with two attached hydrogens (primary N) is 1. The number of aliphatic hydroxyl groups excluding tert-OH is 2. The maximum Gasteiger partial charge on any atom is 0.326 e. The number of nitrogens with zero attached hydrogens (tertiary/aromatic N) is 1. The second kappa shape index (κ2) is 10.9. The van der Waals surface area contributed by atoms with E-state index in [4.69, 9.17) is 10.8 Å². The van der Waals surface area contributed by atoms with E-state index in [1.165, 1.54) is 0 Å². The van der Waals surface area contributed by atoms with E-state index < -0.39 is 61.1 Å². The summed E-state index contributed by atoms with van der Waals surface area (Å²) in [4.78, 5) is 49.5. The number of carboxylic acid groups (broad SMARTS) is 1. The number of aliphatic hydroxyl groups is 2. The van der Waals surface area contributed by atoms with E-state index in [9.17, 15) is 29.4 Å². The van der Waals surface area contributed by atoms with Crippen molar-refractivity contribution in [2.45, 2.75) is 57.3 Å². The Bertz CT molecular complexity index is 584. The topological polar surface area (TPSA) is 182 Å². The fourth-order valence-electron chi connectivity index (χ4n) is 3.01. The van der Waals surface area contributed by atoms with E-state index in [1.54, 1.807) is 0 Å². The van der Waals surface area contributed by atoms with Gasteiger partial charge in [0, 0.05) is 6.54 Å². The van der Waals surface area contributed by atoms with Crippen LogP contribution in [0.15, 0.2) is 0 Å². The highest BCUT2D eigenvalue weighted by molar-refractivity contribution is 5.94. The lowest BCUT2D eigenvalue weighted by Gasteiger charge is -2.28. The minimum Gasteiger partial charge on any atom is -0.480 e. The molecule has 0 aromatic rings. The number of hydrogen-bond acceptors (Lipinski definition) is 7. The lowest BCUT2D eigenvalue weighted by Crippen LogP contribution is -2.58. The standard InChI is InChI=1S/C17H30N4O7/c1-9(2)6-11(19-14(24)10(18)7-22)15(25)20-12(8-23)16(26)21-5-3-4-13(21)17(27)28/h9-13,22-23H,3-8,18H2,1-2H3,(H,19,24)(H,20,25)(H,27,28). The molecule has 1 saturated heterocycles. The van der Waals surface area contributed by atoms with Crippen molar-refractivity contribution in [3.63, 3.8) is 0 Å². The highest BCUT2D eigenvalue weighted by Crippen LogP contribution is 2.18. The molecule has 0 aromatic heterocycles. The van der Waals surface area contributed by atoms with Gasteiger partial charge in [-0.3, -0.25) is 14.4 Å². The molecule has 0 aromatic carbocycles. The summed E-state index contributed by atoms with van der Waals surface area (Å²) in [7, 11) is 0. The third-order valence-electron chi connectivity index (χ3n) is 4.49. The molecule has 0 bridgehead atoms. The highest BCUT2D eigenvalue weighted by Gasteiger charge is 2.38. The number of carbonyl (C=O) groups is 4. The van der Waals surface area contributed by atoms with Crippen LogP contribution in [0.3, 0.4) is 0 Å². The average Bonchev–Trinajstić information content (AvgIpc) is 3.13. The summed E-state index contributed by atoms with van der Waals surface area (Å²) in [6.45, 7) is 2.57. The van der Waals surface area contributed by atoms with Crippen molar-refractivity contribution in [3.8, 4) is 0 Å². The van der Waals surface area contributed by atoms with Crippen LogP contribution in [-0.4, -0.2) is 87.8 Å². The lowest BCUT2D eigenvalue weighted by atomic mass is 10.0. The van der Waals surface area contributed by atoms with Crippen LogP contribution in [0.2, 0.25) is 0 Å². The van der Waals surface area contributed by atoms with Crippen molar-refractivity contribution in [1.29, 1.82) is 0 Å². The summed E-state index contributed by atoms with van der Waals surface area (Å²) >= 11 is 0. The summed E-state index contributed by atoms with van der Waals surface area (Å²) < 4.78 is 0. The predicted octanol–water partition coefficient (Wildman–Crippen LogP) is -2.61. The SMILES string of the molecule is CC(C)CC(NC(=O)C(N)CO)C(=O)NC(CO)C(=O)N1CCCC1C(=O)O. The zero-order valence-electron chi connectivity index (χ0n) is 16.1. The van der Waals surface area contributed by atoms with E-state index in [0.717, 1.165) is 4.90 Å². The molecule has 0 spiro atoms. The summed E-state index contributed by atoms with van der Waals surface area (Å²) in [6.07, 6.45) is 1.06. The van der Waals surface area contributed by atoms with Gasteiger partial charge in [0.2, 0.25) is 17.7 Å². The van der Waals surface area contributed by atoms with Gasteiger partial charge in [0.15, 0.2) is 0 Å². The van der Waals surface area contributed by atoms with Gasteiger partial charge in [-0.05, 0) is 25.2 Å². The number of carbonyl (C=O) groups excluding carboxylic acids is 3. The first-order valence-electron chi connectivity index (χ1n) is 9.23. The number of carboxylic acids is 1.